The number of thiocarbonyl (C=S) groups is 1. The molecule has 0 saturated heterocycles. The van der Waals surface area contributed by atoms with Gasteiger partial charge in [0.05, 0.1) is 12.7 Å². The van der Waals surface area contributed by atoms with Crippen LogP contribution in [0.1, 0.15) is 34.8 Å². The van der Waals surface area contributed by atoms with Crippen molar-refractivity contribution in [3.8, 4) is 0 Å². The number of nitrogens with zero attached hydrogens (tertiary/aromatic N) is 1. The summed E-state index contributed by atoms with van der Waals surface area (Å²) in [6.07, 6.45) is 0.963. The van der Waals surface area contributed by atoms with E-state index in [0.717, 1.165) is 37.3 Å². The highest BCUT2D eigenvalue weighted by molar-refractivity contribution is 7.80. The van der Waals surface area contributed by atoms with Gasteiger partial charge in [-0.05, 0) is 69.2 Å². The maximum atomic E-state index is 11.7. The standard InChI is InChI=1S/C22H29N3O2S/c1-5-25(19-11-7-16(2)8-12-19)14-6-13-23-22(28)24-20-15-18(21(26)27-4)10-9-17(20)3/h7-12,15H,5-6,13-14H2,1-4H3,(H2,23,24,28). The number of hydrogen-bond acceptors (Lipinski definition) is 4. The van der Waals surface area contributed by atoms with Crippen LogP contribution in [-0.4, -0.2) is 37.8 Å². The zero-order valence-corrected chi connectivity index (χ0v) is 17.9. The van der Waals surface area contributed by atoms with Crippen LogP contribution in [0.2, 0.25) is 0 Å². The number of carbonyl (C=O) groups excluding carboxylic acids is 1. The molecular weight excluding hydrogens is 370 g/mol. The molecule has 150 valence electrons. The van der Waals surface area contributed by atoms with Gasteiger partial charge in [-0.3, -0.25) is 0 Å². The zero-order valence-electron chi connectivity index (χ0n) is 17.0. The van der Waals surface area contributed by atoms with Gasteiger partial charge in [0.1, 0.15) is 0 Å². The van der Waals surface area contributed by atoms with Gasteiger partial charge in [-0.1, -0.05) is 23.8 Å². The molecule has 0 aliphatic rings. The minimum absolute atomic E-state index is 0.363. The van der Waals surface area contributed by atoms with Crippen LogP contribution in [-0.2, 0) is 4.74 Å². The second-order valence-corrected chi connectivity index (χ2v) is 7.08. The largest absolute Gasteiger partial charge is 0.465 e. The van der Waals surface area contributed by atoms with Crippen LogP contribution >= 0.6 is 12.2 Å². The maximum Gasteiger partial charge on any atom is 0.337 e. The van der Waals surface area contributed by atoms with E-state index < -0.39 is 0 Å². The highest BCUT2D eigenvalue weighted by atomic mass is 32.1. The first-order chi connectivity index (χ1) is 13.4. The molecule has 2 aromatic carbocycles. The number of anilines is 2. The van der Waals surface area contributed by atoms with Gasteiger partial charge in [-0.25, -0.2) is 4.79 Å². The van der Waals surface area contributed by atoms with Gasteiger partial charge in [-0.15, -0.1) is 0 Å². The van der Waals surface area contributed by atoms with Crippen LogP contribution in [0.5, 0.6) is 0 Å². The van der Waals surface area contributed by atoms with Crippen molar-refractivity contribution < 1.29 is 9.53 Å². The molecule has 2 N–H and O–H groups in total. The summed E-state index contributed by atoms with van der Waals surface area (Å²) in [6.45, 7) is 8.91. The number of methoxy groups -OCH3 is 1. The molecular formula is C22H29N3O2S. The Bertz CT molecular complexity index is 806. The van der Waals surface area contributed by atoms with E-state index in [9.17, 15) is 4.79 Å². The third kappa shape index (κ3) is 6.23. The number of benzene rings is 2. The second-order valence-electron chi connectivity index (χ2n) is 6.67. The van der Waals surface area contributed by atoms with Gasteiger partial charge in [0, 0.05) is 31.0 Å². The summed E-state index contributed by atoms with van der Waals surface area (Å²) in [5.41, 5.74) is 4.81. The maximum absolute atomic E-state index is 11.7. The predicted molar refractivity (Wildman–Crippen MR) is 120 cm³/mol. The molecule has 0 aliphatic carbocycles. The van der Waals surface area contributed by atoms with E-state index in [4.69, 9.17) is 17.0 Å². The number of hydrogen-bond donors (Lipinski definition) is 2. The highest BCUT2D eigenvalue weighted by Crippen LogP contribution is 2.18. The van der Waals surface area contributed by atoms with Crippen LogP contribution in [0.15, 0.2) is 42.5 Å². The van der Waals surface area contributed by atoms with Crippen LogP contribution < -0.4 is 15.5 Å². The molecule has 0 atom stereocenters. The smallest absolute Gasteiger partial charge is 0.337 e. The van der Waals surface area contributed by atoms with Gasteiger partial charge in [0.2, 0.25) is 0 Å². The Labute approximate surface area is 173 Å². The van der Waals surface area contributed by atoms with Crippen molar-refractivity contribution >= 4 is 34.7 Å². The Morgan fingerprint density at radius 1 is 1.14 bits per heavy atom. The minimum atomic E-state index is -0.363. The Kier molecular flexibility index (Phi) is 8.26. The number of ether oxygens (including phenoxy) is 1. The van der Waals surface area contributed by atoms with Crippen molar-refractivity contribution in [3.63, 3.8) is 0 Å². The zero-order chi connectivity index (χ0) is 20.5. The molecule has 2 aromatic rings. The lowest BCUT2D eigenvalue weighted by atomic mass is 10.1. The molecule has 0 fully saturated rings. The van der Waals surface area contributed by atoms with Crippen molar-refractivity contribution in [2.24, 2.45) is 0 Å². The quantitative estimate of drug-likeness (QED) is 0.392. The predicted octanol–water partition coefficient (Wildman–Crippen LogP) is 4.29. The number of aryl methyl sites for hydroxylation is 2. The van der Waals surface area contributed by atoms with E-state index in [1.807, 2.05) is 13.0 Å². The molecule has 2 rings (SSSR count). The van der Waals surface area contributed by atoms with Crippen molar-refractivity contribution in [1.82, 2.24) is 5.32 Å². The first-order valence-electron chi connectivity index (χ1n) is 9.50. The molecule has 0 aliphatic heterocycles. The first kappa shape index (κ1) is 21.7. The van der Waals surface area contributed by atoms with Gasteiger partial charge >= 0.3 is 5.97 Å². The molecule has 0 radical (unpaired) electrons. The Hall–Kier alpha value is -2.60. The average molecular weight is 400 g/mol. The van der Waals surface area contributed by atoms with Gasteiger partial charge in [0.15, 0.2) is 5.11 Å². The van der Waals surface area contributed by atoms with E-state index in [0.29, 0.717) is 10.7 Å². The van der Waals surface area contributed by atoms with Crippen LogP contribution in [0.3, 0.4) is 0 Å². The van der Waals surface area contributed by atoms with E-state index in [2.05, 4.69) is 53.6 Å². The molecule has 0 bridgehead atoms. The average Bonchev–Trinajstić information content (AvgIpc) is 2.70. The molecule has 0 heterocycles. The van der Waals surface area contributed by atoms with Gasteiger partial charge in [0.25, 0.3) is 0 Å². The molecule has 5 nitrogen and oxygen atoms in total. The van der Waals surface area contributed by atoms with E-state index >= 15 is 0 Å². The third-order valence-electron chi connectivity index (χ3n) is 4.58. The fourth-order valence-electron chi connectivity index (χ4n) is 2.87. The molecule has 0 amide bonds. The summed E-state index contributed by atoms with van der Waals surface area (Å²) < 4.78 is 4.77. The van der Waals surface area contributed by atoms with E-state index in [1.165, 1.54) is 18.4 Å². The van der Waals surface area contributed by atoms with Crippen molar-refractivity contribution in [2.45, 2.75) is 27.2 Å². The minimum Gasteiger partial charge on any atom is -0.465 e. The summed E-state index contributed by atoms with van der Waals surface area (Å²) in [5, 5.41) is 6.95. The van der Waals surface area contributed by atoms with Gasteiger partial charge in [-0.2, -0.15) is 0 Å². The number of nitrogens with one attached hydrogen (secondary N) is 2. The Morgan fingerprint density at radius 3 is 2.50 bits per heavy atom. The molecule has 0 saturated carbocycles. The Balaban J connectivity index is 1.82. The lowest BCUT2D eigenvalue weighted by Gasteiger charge is -2.23. The second kappa shape index (κ2) is 10.7. The number of esters is 1. The topological polar surface area (TPSA) is 53.6 Å². The van der Waals surface area contributed by atoms with Gasteiger partial charge < -0.3 is 20.3 Å². The first-order valence-corrected chi connectivity index (χ1v) is 9.90. The lowest BCUT2D eigenvalue weighted by Crippen LogP contribution is -2.32. The number of rotatable bonds is 8. The fraction of sp³-hybridized carbons (Fsp3) is 0.364. The summed E-state index contributed by atoms with van der Waals surface area (Å²) in [5.74, 6) is -0.363. The SMILES string of the molecule is CCN(CCCNC(=S)Nc1cc(C(=O)OC)ccc1C)c1ccc(C)cc1. The molecule has 28 heavy (non-hydrogen) atoms. The van der Waals surface area contributed by atoms with Crippen LogP contribution in [0.25, 0.3) is 0 Å². The van der Waals surface area contributed by atoms with Crippen molar-refractivity contribution in [3.05, 3.63) is 59.2 Å². The fourth-order valence-corrected chi connectivity index (χ4v) is 3.08. The summed E-state index contributed by atoms with van der Waals surface area (Å²) in [4.78, 5) is 14.0. The van der Waals surface area contributed by atoms with Crippen LogP contribution in [0, 0.1) is 13.8 Å². The molecule has 0 aromatic heterocycles. The van der Waals surface area contributed by atoms with E-state index in [1.54, 1.807) is 12.1 Å². The summed E-state index contributed by atoms with van der Waals surface area (Å²) >= 11 is 5.40. The summed E-state index contributed by atoms with van der Waals surface area (Å²) in [6, 6.07) is 14.0. The molecule has 0 unspecified atom stereocenters. The third-order valence-corrected chi connectivity index (χ3v) is 4.82. The lowest BCUT2D eigenvalue weighted by molar-refractivity contribution is 0.0601. The van der Waals surface area contributed by atoms with Crippen LogP contribution in [0.4, 0.5) is 11.4 Å². The van der Waals surface area contributed by atoms with E-state index in [-0.39, 0.29) is 5.97 Å². The van der Waals surface area contributed by atoms with Crippen molar-refractivity contribution in [1.29, 1.82) is 0 Å². The monoisotopic (exact) mass is 399 g/mol. The molecule has 0 spiro atoms. The normalized spacial score (nSPS) is 10.3. The summed E-state index contributed by atoms with van der Waals surface area (Å²) in [7, 11) is 1.37. The Morgan fingerprint density at radius 2 is 1.86 bits per heavy atom. The molecule has 6 heteroatoms. The highest BCUT2D eigenvalue weighted by Gasteiger charge is 2.09. The number of carbonyl (C=O) groups is 1. The van der Waals surface area contributed by atoms with Crippen molar-refractivity contribution in [2.75, 3.05) is 37.0 Å².